The van der Waals surface area contributed by atoms with Crippen LogP contribution in [0, 0.1) is 11.7 Å². The van der Waals surface area contributed by atoms with E-state index in [1.165, 1.54) is 6.07 Å². The number of halogens is 1. The molecular weight excluding hydrogens is 413 g/mol. The Morgan fingerprint density at radius 1 is 1.25 bits per heavy atom. The number of benzene rings is 2. The second kappa shape index (κ2) is 9.16. The molecule has 170 valence electrons. The van der Waals surface area contributed by atoms with E-state index in [1.807, 2.05) is 6.07 Å². The monoisotopic (exact) mass is 441 g/mol. The van der Waals surface area contributed by atoms with Gasteiger partial charge in [0.05, 0.1) is 23.6 Å². The van der Waals surface area contributed by atoms with Crippen molar-refractivity contribution in [1.29, 1.82) is 0 Å². The van der Waals surface area contributed by atoms with Crippen LogP contribution in [0.5, 0.6) is 11.5 Å². The molecule has 2 amide bonds. The average Bonchev–Trinajstić information content (AvgIpc) is 3.06. The van der Waals surface area contributed by atoms with E-state index in [-0.39, 0.29) is 30.0 Å². The van der Waals surface area contributed by atoms with Crippen molar-refractivity contribution in [1.82, 2.24) is 15.1 Å². The van der Waals surface area contributed by atoms with Gasteiger partial charge in [-0.2, -0.15) is 0 Å². The third-order valence-corrected chi connectivity index (χ3v) is 6.04. The fourth-order valence-corrected chi connectivity index (χ4v) is 4.42. The third kappa shape index (κ3) is 4.41. The summed E-state index contributed by atoms with van der Waals surface area (Å²) < 4.78 is 25.3. The molecule has 2 heterocycles. The number of likely N-dealkylation sites (tertiary alicyclic amines) is 1. The van der Waals surface area contributed by atoms with Crippen LogP contribution in [0.15, 0.2) is 48.5 Å². The maximum atomic E-state index is 13.7. The Labute approximate surface area is 187 Å². The van der Waals surface area contributed by atoms with E-state index in [0.29, 0.717) is 44.0 Å². The van der Waals surface area contributed by atoms with Crippen molar-refractivity contribution in [2.24, 2.45) is 5.92 Å². The molecule has 1 fully saturated rings. The normalized spacial score (nSPS) is 22.6. The lowest BCUT2D eigenvalue weighted by molar-refractivity contribution is -0.134. The van der Waals surface area contributed by atoms with Crippen molar-refractivity contribution in [3.63, 3.8) is 0 Å². The number of rotatable bonds is 6. The predicted molar refractivity (Wildman–Crippen MR) is 117 cm³/mol. The van der Waals surface area contributed by atoms with Gasteiger partial charge in [-0.05, 0) is 30.7 Å². The minimum Gasteiger partial charge on any atom is -0.490 e. The van der Waals surface area contributed by atoms with Gasteiger partial charge in [-0.15, -0.1) is 0 Å². The van der Waals surface area contributed by atoms with E-state index in [1.54, 1.807) is 55.4 Å². The van der Waals surface area contributed by atoms with Gasteiger partial charge in [-0.1, -0.05) is 24.3 Å². The molecule has 0 radical (unpaired) electrons. The molecule has 0 aliphatic carbocycles. The van der Waals surface area contributed by atoms with Gasteiger partial charge in [-0.25, -0.2) is 4.39 Å². The molecule has 7 nitrogen and oxygen atoms in total. The van der Waals surface area contributed by atoms with Crippen LogP contribution in [0.3, 0.4) is 0 Å². The number of para-hydroxylation sites is 2. The zero-order valence-electron chi connectivity index (χ0n) is 18.3. The Bertz CT molecular complexity index is 999. The summed E-state index contributed by atoms with van der Waals surface area (Å²) in [6, 6.07) is 13.4. The molecule has 2 atom stereocenters. The van der Waals surface area contributed by atoms with Gasteiger partial charge in [0.2, 0.25) is 5.91 Å². The third-order valence-electron chi connectivity index (χ3n) is 6.04. The molecule has 1 spiro atoms. The van der Waals surface area contributed by atoms with Crippen LogP contribution in [0.4, 0.5) is 4.39 Å². The number of nitrogens with one attached hydrogen (secondary N) is 1. The smallest absolute Gasteiger partial charge is 0.255 e. The minimum absolute atomic E-state index is 0.0510. The van der Waals surface area contributed by atoms with Crippen molar-refractivity contribution in [2.45, 2.75) is 12.0 Å². The topological polar surface area (TPSA) is 71.1 Å². The largest absolute Gasteiger partial charge is 0.490 e. The lowest BCUT2D eigenvalue weighted by Crippen LogP contribution is -2.60. The zero-order valence-corrected chi connectivity index (χ0v) is 18.3. The summed E-state index contributed by atoms with van der Waals surface area (Å²) in [4.78, 5) is 29.7. The van der Waals surface area contributed by atoms with Gasteiger partial charge >= 0.3 is 0 Å². The number of nitrogens with zero attached hydrogens (tertiary/aromatic N) is 2. The average molecular weight is 442 g/mol. The Kier molecular flexibility index (Phi) is 6.32. The lowest BCUT2D eigenvalue weighted by Gasteiger charge is -2.34. The fraction of sp³-hybridized carbons (Fsp3) is 0.417. The van der Waals surface area contributed by atoms with Crippen molar-refractivity contribution >= 4 is 11.8 Å². The number of ether oxygens (including phenoxy) is 2. The fourth-order valence-electron chi connectivity index (χ4n) is 4.42. The molecule has 2 aromatic carbocycles. The first-order chi connectivity index (χ1) is 15.4. The van der Waals surface area contributed by atoms with Crippen LogP contribution in [-0.2, 0) is 4.79 Å². The van der Waals surface area contributed by atoms with E-state index in [2.05, 4.69) is 10.2 Å². The number of hydrogen-bond acceptors (Lipinski definition) is 5. The predicted octanol–water partition coefficient (Wildman–Crippen LogP) is 2.18. The summed E-state index contributed by atoms with van der Waals surface area (Å²) in [5, 5.41) is 3.12. The summed E-state index contributed by atoms with van der Waals surface area (Å²) in [5.74, 6) is -0.363. The number of hydrogen-bond donors (Lipinski definition) is 1. The van der Waals surface area contributed by atoms with Crippen molar-refractivity contribution in [3.05, 3.63) is 59.9 Å². The molecule has 0 unspecified atom stereocenters. The molecule has 2 aliphatic heterocycles. The van der Waals surface area contributed by atoms with Crippen LogP contribution in [0.1, 0.15) is 16.8 Å². The van der Waals surface area contributed by atoms with Gasteiger partial charge in [0.1, 0.15) is 12.4 Å². The first kappa shape index (κ1) is 22.1. The van der Waals surface area contributed by atoms with Crippen LogP contribution < -0.4 is 14.8 Å². The quantitative estimate of drug-likeness (QED) is 0.696. The standard InChI is InChI=1S/C24H28FN3O4/c1-27(2)23(30)18-14-28(12-7-13-31-21-11-6-4-9-19(21)25)15-24(18)16-32-20-10-5-3-8-17(20)22(29)26-24/h3-6,8-11,18H,7,12-16H2,1-2H3,(H,26,29)/t18-,24-/m1/s1. The summed E-state index contributed by atoms with van der Waals surface area (Å²) in [6.07, 6.45) is 0.655. The Balaban J connectivity index is 1.45. The van der Waals surface area contributed by atoms with E-state index in [4.69, 9.17) is 9.47 Å². The van der Waals surface area contributed by atoms with Gasteiger partial charge in [0, 0.05) is 33.7 Å². The van der Waals surface area contributed by atoms with Gasteiger partial charge in [0.15, 0.2) is 11.6 Å². The highest BCUT2D eigenvalue weighted by Crippen LogP contribution is 2.34. The number of amides is 2. The molecule has 0 saturated carbocycles. The summed E-state index contributed by atoms with van der Waals surface area (Å²) in [6.45, 7) is 2.19. The second-order valence-corrected chi connectivity index (χ2v) is 8.55. The van der Waals surface area contributed by atoms with E-state index >= 15 is 0 Å². The van der Waals surface area contributed by atoms with Crippen LogP contribution in [-0.4, -0.2) is 74.1 Å². The van der Waals surface area contributed by atoms with Crippen molar-refractivity contribution in [3.8, 4) is 11.5 Å². The molecule has 4 rings (SSSR count). The zero-order chi connectivity index (χ0) is 22.7. The van der Waals surface area contributed by atoms with Crippen molar-refractivity contribution < 1.29 is 23.5 Å². The first-order valence-corrected chi connectivity index (χ1v) is 10.7. The van der Waals surface area contributed by atoms with Crippen LogP contribution in [0.25, 0.3) is 0 Å². The molecule has 1 saturated heterocycles. The molecule has 1 N–H and O–H groups in total. The number of carbonyl (C=O) groups is 2. The molecular formula is C24H28FN3O4. The molecule has 2 aromatic rings. The second-order valence-electron chi connectivity index (χ2n) is 8.55. The van der Waals surface area contributed by atoms with E-state index < -0.39 is 11.5 Å². The van der Waals surface area contributed by atoms with Gasteiger partial charge < -0.3 is 19.7 Å². The number of carbonyl (C=O) groups excluding carboxylic acids is 2. The van der Waals surface area contributed by atoms with Crippen LogP contribution >= 0.6 is 0 Å². The maximum Gasteiger partial charge on any atom is 0.255 e. The molecule has 0 aromatic heterocycles. The highest BCUT2D eigenvalue weighted by Gasteiger charge is 2.53. The Morgan fingerprint density at radius 2 is 2.00 bits per heavy atom. The maximum absolute atomic E-state index is 13.7. The molecule has 32 heavy (non-hydrogen) atoms. The highest BCUT2D eigenvalue weighted by atomic mass is 19.1. The van der Waals surface area contributed by atoms with Gasteiger partial charge in [0.25, 0.3) is 5.91 Å². The minimum atomic E-state index is -0.830. The number of fused-ring (bicyclic) bond motifs is 1. The highest BCUT2D eigenvalue weighted by molar-refractivity contribution is 5.98. The molecule has 2 aliphatic rings. The van der Waals surface area contributed by atoms with Crippen LogP contribution in [0.2, 0.25) is 0 Å². The summed E-state index contributed by atoms with van der Waals surface area (Å²) in [7, 11) is 3.43. The van der Waals surface area contributed by atoms with E-state index in [9.17, 15) is 14.0 Å². The summed E-state index contributed by atoms with van der Waals surface area (Å²) in [5.41, 5.74) is -0.360. The Hall–Kier alpha value is -3.13. The Morgan fingerprint density at radius 3 is 2.78 bits per heavy atom. The van der Waals surface area contributed by atoms with Gasteiger partial charge in [-0.3, -0.25) is 14.5 Å². The first-order valence-electron chi connectivity index (χ1n) is 10.7. The molecule has 8 heteroatoms. The van der Waals surface area contributed by atoms with E-state index in [0.717, 1.165) is 0 Å². The summed E-state index contributed by atoms with van der Waals surface area (Å²) >= 11 is 0. The lowest BCUT2D eigenvalue weighted by atomic mass is 9.86. The molecule has 0 bridgehead atoms. The SMILES string of the molecule is CN(C)C(=O)[C@H]1CN(CCCOc2ccccc2F)C[C@@]12COc1ccccc1C(=O)N2. The van der Waals surface area contributed by atoms with Crippen molar-refractivity contribution in [2.75, 3.05) is 46.9 Å².